The fourth-order valence-corrected chi connectivity index (χ4v) is 1.43. The van der Waals surface area contributed by atoms with Crippen LogP contribution in [-0.4, -0.2) is 19.0 Å². The van der Waals surface area contributed by atoms with E-state index in [2.05, 4.69) is 10.1 Å². The first kappa shape index (κ1) is 17.7. The summed E-state index contributed by atoms with van der Waals surface area (Å²) >= 11 is 0. The maximum absolute atomic E-state index is 11.1. The monoisotopic (exact) mass is 271 g/mol. The molecule has 0 saturated carbocycles. The van der Waals surface area contributed by atoms with Gasteiger partial charge < -0.3 is 20.0 Å². The smallest absolute Gasteiger partial charge is 0.548 e. The number of hydrogen-bond acceptors (Lipinski definition) is 5. The molecule has 5 nitrogen and oxygen atoms in total. The Bertz CT molecular complexity index is 459. The van der Waals surface area contributed by atoms with Crippen LogP contribution >= 0.6 is 0 Å². The molecule has 1 aromatic carbocycles. The number of hydrogen-bond donors (Lipinski definition) is 1. The van der Waals surface area contributed by atoms with Crippen LogP contribution in [0.4, 0.5) is 0 Å². The molecule has 1 atom stereocenters. The molecule has 1 aromatic rings. The molecule has 1 unspecified atom stereocenters. The molecule has 0 amide bonds. The van der Waals surface area contributed by atoms with Crippen LogP contribution in [0.25, 0.3) is 0 Å². The van der Waals surface area contributed by atoms with Gasteiger partial charge in [0, 0.05) is 11.8 Å². The first-order valence-corrected chi connectivity index (χ1v) is 5.33. The summed E-state index contributed by atoms with van der Waals surface area (Å²) in [5, 5.41) is 13.8. The van der Waals surface area contributed by atoms with Crippen LogP contribution in [0.1, 0.15) is 18.5 Å². The van der Waals surface area contributed by atoms with Crippen LogP contribution in [0.5, 0.6) is 0 Å². The van der Waals surface area contributed by atoms with E-state index >= 15 is 0 Å². The van der Waals surface area contributed by atoms with Gasteiger partial charge >= 0.3 is 35.5 Å². The Hall–Kier alpha value is -1.30. The maximum atomic E-state index is 11.1. The summed E-state index contributed by atoms with van der Waals surface area (Å²) < 4.78 is 4.45. The van der Waals surface area contributed by atoms with E-state index in [1.54, 1.807) is 37.3 Å². The topological polar surface area (TPSA) is 78.5 Å². The summed E-state index contributed by atoms with van der Waals surface area (Å²) in [6.07, 6.45) is 1.18. The van der Waals surface area contributed by atoms with Crippen LogP contribution in [0.15, 0.2) is 42.1 Å². The quantitative estimate of drug-likeness (QED) is 0.354. The van der Waals surface area contributed by atoms with Crippen molar-refractivity contribution in [3.05, 3.63) is 47.7 Å². The normalized spacial score (nSPS) is 12.0. The molecule has 1 N–H and O–H groups in total. The first-order valence-electron chi connectivity index (χ1n) is 5.33. The zero-order valence-corrected chi connectivity index (χ0v) is 13.2. The molecule has 0 saturated heterocycles. The Kier molecular flexibility index (Phi) is 8.14. The van der Waals surface area contributed by atoms with E-state index in [1.807, 2.05) is 0 Å². The molecule has 0 aromatic heterocycles. The summed E-state index contributed by atoms with van der Waals surface area (Å²) in [4.78, 5) is 22.1. The van der Waals surface area contributed by atoms with Crippen molar-refractivity contribution in [2.45, 2.75) is 13.0 Å². The molecule has 0 radical (unpaired) electrons. The van der Waals surface area contributed by atoms with Crippen molar-refractivity contribution in [1.82, 2.24) is 5.32 Å². The second-order valence-corrected chi connectivity index (χ2v) is 3.66. The van der Waals surface area contributed by atoms with E-state index in [0.29, 0.717) is 11.3 Å². The van der Waals surface area contributed by atoms with Crippen molar-refractivity contribution in [3.63, 3.8) is 0 Å². The molecule has 96 valence electrons. The average Bonchev–Trinajstić information content (AvgIpc) is 2.36. The van der Waals surface area contributed by atoms with Crippen LogP contribution in [0.3, 0.4) is 0 Å². The number of ether oxygens (including phenoxy) is 1. The van der Waals surface area contributed by atoms with Crippen LogP contribution in [0, 0.1) is 0 Å². The van der Waals surface area contributed by atoms with Gasteiger partial charge in [-0.1, -0.05) is 30.3 Å². The molecule has 19 heavy (non-hydrogen) atoms. The van der Waals surface area contributed by atoms with E-state index in [4.69, 9.17) is 0 Å². The average molecular weight is 271 g/mol. The van der Waals surface area contributed by atoms with Crippen molar-refractivity contribution in [2.75, 3.05) is 7.11 Å². The predicted octanol–water partition coefficient (Wildman–Crippen LogP) is -2.85. The number of carbonyl (C=O) groups is 2. The van der Waals surface area contributed by atoms with Crippen molar-refractivity contribution >= 4 is 11.9 Å². The molecule has 0 fully saturated rings. The van der Waals surface area contributed by atoms with Gasteiger partial charge in [0.25, 0.3) is 0 Å². The van der Waals surface area contributed by atoms with E-state index in [-0.39, 0.29) is 29.6 Å². The minimum Gasteiger partial charge on any atom is -0.548 e. The Balaban J connectivity index is 0.00000324. The van der Waals surface area contributed by atoms with Crippen molar-refractivity contribution in [1.29, 1.82) is 0 Å². The molecule has 0 spiro atoms. The van der Waals surface area contributed by atoms with Gasteiger partial charge in [-0.2, -0.15) is 0 Å². The number of esters is 1. The van der Waals surface area contributed by atoms with Gasteiger partial charge in [-0.15, -0.1) is 0 Å². The van der Waals surface area contributed by atoms with Crippen LogP contribution < -0.4 is 40.0 Å². The molecule has 0 aliphatic rings. The number of carbonyl (C=O) groups excluding carboxylic acids is 2. The van der Waals surface area contributed by atoms with Gasteiger partial charge in [-0.25, -0.2) is 4.79 Å². The standard InChI is InChI=1S/C13H15NO4.Na/c1-9(8-11(15)18-2)14-12(13(16)17)10-6-4-3-5-7-10;/h3-8,12,14H,1-2H3,(H,16,17);/q;+1/p-1/b9-8-;. The number of nitrogens with one attached hydrogen (secondary N) is 1. The molecular weight excluding hydrogens is 257 g/mol. The van der Waals surface area contributed by atoms with E-state index in [9.17, 15) is 14.7 Å². The van der Waals surface area contributed by atoms with E-state index in [1.165, 1.54) is 13.2 Å². The zero-order valence-electron chi connectivity index (χ0n) is 11.2. The third kappa shape index (κ3) is 5.92. The SMILES string of the molecule is COC(=O)/C=C(/C)NC(C(=O)[O-])c1ccccc1.[Na+]. The van der Waals surface area contributed by atoms with Crippen molar-refractivity contribution in [3.8, 4) is 0 Å². The predicted molar refractivity (Wildman–Crippen MR) is 63.1 cm³/mol. The molecule has 0 bridgehead atoms. The largest absolute Gasteiger partial charge is 1.00 e. The number of benzene rings is 1. The molecule has 0 heterocycles. The number of methoxy groups -OCH3 is 1. The summed E-state index contributed by atoms with van der Waals surface area (Å²) in [5.41, 5.74) is 0.940. The summed E-state index contributed by atoms with van der Waals surface area (Å²) in [7, 11) is 1.25. The summed E-state index contributed by atoms with van der Waals surface area (Å²) in [6, 6.07) is 7.57. The number of carboxylic acids is 1. The zero-order chi connectivity index (χ0) is 13.5. The van der Waals surface area contributed by atoms with Crippen molar-refractivity contribution in [2.24, 2.45) is 0 Å². The van der Waals surface area contributed by atoms with Gasteiger partial charge in [0.05, 0.1) is 19.1 Å². The van der Waals surface area contributed by atoms with Gasteiger partial charge in [0.2, 0.25) is 0 Å². The number of allylic oxidation sites excluding steroid dienone is 1. The van der Waals surface area contributed by atoms with E-state index in [0.717, 1.165) is 0 Å². The molecule has 1 rings (SSSR count). The minimum absolute atomic E-state index is 0. The van der Waals surface area contributed by atoms with Crippen molar-refractivity contribution < 1.29 is 49.0 Å². The Labute approximate surface area is 133 Å². The molecule has 6 heteroatoms. The molecular formula is C13H14NNaO4. The van der Waals surface area contributed by atoms with Gasteiger partial charge in [0.15, 0.2) is 0 Å². The van der Waals surface area contributed by atoms with Gasteiger partial charge in [0.1, 0.15) is 0 Å². The third-order valence-corrected chi connectivity index (χ3v) is 2.28. The fraction of sp³-hybridized carbons (Fsp3) is 0.231. The number of aliphatic carboxylic acids is 1. The summed E-state index contributed by atoms with van der Waals surface area (Å²) in [6.45, 7) is 1.58. The Morgan fingerprint density at radius 3 is 2.37 bits per heavy atom. The third-order valence-electron chi connectivity index (χ3n) is 2.28. The fourth-order valence-electron chi connectivity index (χ4n) is 1.43. The molecule has 0 aliphatic carbocycles. The molecule has 0 aliphatic heterocycles. The van der Waals surface area contributed by atoms with Crippen LogP contribution in [-0.2, 0) is 14.3 Å². The Morgan fingerprint density at radius 2 is 1.89 bits per heavy atom. The minimum atomic E-state index is -1.26. The van der Waals surface area contributed by atoms with Gasteiger partial charge in [-0.05, 0) is 12.5 Å². The van der Waals surface area contributed by atoms with Crippen LogP contribution in [0.2, 0.25) is 0 Å². The Morgan fingerprint density at radius 1 is 1.32 bits per heavy atom. The summed E-state index contributed by atoms with van der Waals surface area (Å²) in [5.74, 6) is -1.82. The number of rotatable bonds is 5. The maximum Gasteiger partial charge on any atom is 1.00 e. The van der Waals surface area contributed by atoms with E-state index < -0.39 is 18.0 Å². The first-order chi connectivity index (χ1) is 8.54. The second kappa shape index (κ2) is 8.74. The number of carboxylic acid groups (broad SMARTS) is 1. The van der Waals surface area contributed by atoms with Gasteiger partial charge in [-0.3, -0.25) is 0 Å². The second-order valence-electron chi connectivity index (χ2n) is 3.66.